The molecule has 6 heteroatoms. The molecule has 1 fully saturated rings. The van der Waals surface area contributed by atoms with E-state index in [0.29, 0.717) is 13.0 Å². The number of β-amino-alcohol motifs (C(OH)–C–C–N with tert-alkyl or cyclic N) is 1. The Hall–Kier alpha value is -2.21. The highest BCUT2D eigenvalue weighted by Crippen LogP contribution is 2.17. The minimum Gasteiger partial charge on any atom is -0.478 e. The molecule has 0 radical (unpaired) electrons. The van der Waals surface area contributed by atoms with Crippen molar-refractivity contribution < 1.29 is 24.2 Å². The van der Waals surface area contributed by atoms with Gasteiger partial charge in [-0.3, -0.25) is 4.79 Å². The molecule has 112 valence electrons. The quantitative estimate of drug-likeness (QED) is 0.828. The van der Waals surface area contributed by atoms with E-state index in [2.05, 4.69) is 0 Å². The van der Waals surface area contributed by atoms with Gasteiger partial charge in [0.25, 0.3) is 5.91 Å². The number of benzene rings is 1. The van der Waals surface area contributed by atoms with Crippen LogP contribution in [0.3, 0.4) is 0 Å². The van der Waals surface area contributed by atoms with E-state index in [1.807, 2.05) is 0 Å². The van der Waals surface area contributed by atoms with Gasteiger partial charge in [-0.2, -0.15) is 0 Å². The van der Waals surface area contributed by atoms with Crippen LogP contribution in [0.5, 0.6) is 0 Å². The number of halogens is 1. The standard InChI is InChI=1S/C15H16FNO4/c16-13-8-11(4-3-10(13)5-6-14(19)20)15(21)17-7-1-2-12(18)9-17/h3-6,8,12,18H,1-2,7,9H2,(H,19,20). The minimum absolute atomic E-state index is 0.104. The van der Waals surface area contributed by atoms with Crippen molar-refractivity contribution in [1.29, 1.82) is 0 Å². The third kappa shape index (κ3) is 3.88. The van der Waals surface area contributed by atoms with Crippen LogP contribution in [0.25, 0.3) is 6.08 Å². The van der Waals surface area contributed by atoms with Crippen LogP contribution in [-0.2, 0) is 4.79 Å². The van der Waals surface area contributed by atoms with E-state index in [9.17, 15) is 19.1 Å². The summed E-state index contributed by atoms with van der Waals surface area (Å²) < 4.78 is 13.8. The van der Waals surface area contributed by atoms with Gasteiger partial charge in [-0.25, -0.2) is 9.18 Å². The van der Waals surface area contributed by atoms with Crippen molar-refractivity contribution in [2.24, 2.45) is 0 Å². The Morgan fingerprint density at radius 3 is 2.76 bits per heavy atom. The largest absolute Gasteiger partial charge is 0.478 e. The zero-order chi connectivity index (χ0) is 15.4. The smallest absolute Gasteiger partial charge is 0.328 e. The Labute approximate surface area is 121 Å². The fraction of sp³-hybridized carbons (Fsp3) is 0.333. The van der Waals surface area contributed by atoms with Crippen molar-refractivity contribution >= 4 is 18.0 Å². The number of hydrogen-bond acceptors (Lipinski definition) is 3. The van der Waals surface area contributed by atoms with E-state index in [1.54, 1.807) is 0 Å². The predicted molar refractivity (Wildman–Crippen MR) is 74.2 cm³/mol. The third-order valence-corrected chi connectivity index (χ3v) is 3.34. The lowest BCUT2D eigenvalue weighted by Gasteiger charge is -2.30. The molecule has 1 aromatic carbocycles. The molecule has 0 spiro atoms. The molecule has 1 amide bonds. The average molecular weight is 293 g/mol. The molecule has 1 unspecified atom stereocenters. The first-order valence-electron chi connectivity index (χ1n) is 6.65. The summed E-state index contributed by atoms with van der Waals surface area (Å²) in [7, 11) is 0. The maximum atomic E-state index is 13.8. The zero-order valence-corrected chi connectivity index (χ0v) is 11.3. The summed E-state index contributed by atoms with van der Waals surface area (Å²) >= 11 is 0. The molecule has 21 heavy (non-hydrogen) atoms. The number of aliphatic hydroxyl groups excluding tert-OH is 1. The monoisotopic (exact) mass is 293 g/mol. The molecule has 1 saturated heterocycles. The fourth-order valence-electron chi connectivity index (χ4n) is 2.28. The fourth-order valence-corrected chi connectivity index (χ4v) is 2.28. The van der Waals surface area contributed by atoms with Crippen LogP contribution in [-0.4, -0.2) is 46.2 Å². The van der Waals surface area contributed by atoms with Crippen LogP contribution in [0, 0.1) is 5.82 Å². The van der Waals surface area contributed by atoms with E-state index < -0.39 is 17.9 Å². The number of likely N-dealkylation sites (tertiary alicyclic amines) is 1. The molecule has 1 atom stereocenters. The first-order valence-corrected chi connectivity index (χ1v) is 6.65. The van der Waals surface area contributed by atoms with Crippen LogP contribution in [0.1, 0.15) is 28.8 Å². The zero-order valence-electron chi connectivity index (χ0n) is 11.3. The maximum absolute atomic E-state index is 13.8. The lowest BCUT2D eigenvalue weighted by atomic mass is 10.1. The van der Waals surface area contributed by atoms with Gasteiger partial charge in [0.2, 0.25) is 0 Å². The normalized spacial score (nSPS) is 19.0. The Kier molecular flexibility index (Phi) is 4.70. The summed E-state index contributed by atoms with van der Waals surface area (Å²) in [5.41, 5.74) is 0.293. The number of carboxylic acid groups (broad SMARTS) is 1. The molecule has 0 aromatic heterocycles. The van der Waals surface area contributed by atoms with Crippen LogP contribution in [0.2, 0.25) is 0 Å². The van der Waals surface area contributed by atoms with E-state index in [1.165, 1.54) is 17.0 Å². The van der Waals surface area contributed by atoms with Crippen LogP contribution < -0.4 is 0 Å². The van der Waals surface area contributed by atoms with Crippen molar-refractivity contribution in [2.45, 2.75) is 18.9 Å². The van der Waals surface area contributed by atoms with Gasteiger partial charge in [0.15, 0.2) is 0 Å². The summed E-state index contributed by atoms with van der Waals surface area (Å²) in [5, 5.41) is 18.1. The lowest BCUT2D eigenvalue weighted by Crippen LogP contribution is -2.42. The number of carbonyl (C=O) groups is 2. The van der Waals surface area contributed by atoms with E-state index >= 15 is 0 Å². The second-order valence-electron chi connectivity index (χ2n) is 4.96. The molecule has 1 aliphatic rings. The Morgan fingerprint density at radius 1 is 1.38 bits per heavy atom. The highest BCUT2D eigenvalue weighted by molar-refractivity contribution is 5.94. The number of aliphatic hydroxyl groups is 1. The Morgan fingerprint density at radius 2 is 2.14 bits per heavy atom. The van der Waals surface area contributed by atoms with Crippen molar-refractivity contribution in [1.82, 2.24) is 4.90 Å². The number of carbonyl (C=O) groups excluding carboxylic acids is 1. The van der Waals surface area contributed by atoms with Crippen molar-refractivity contribution in [3.63, 3.8) is 0 Å². The first-order chi connectivity index (χ1) is 9.97. The van der Waals surface area contributed by atoms with Crippen molar-refractivity contribution in [3.05, 3.63) is 41.2 Å². The van der Waals surface area contributed by atoms with Gasteiger partial charge in [0.05, 0.1) is 6.10 Å². The average Bonchev–Trinajstić information content (AvgIpc) is 2.45. The molecule has 2 N–H and O–H groups in total. The highest BCUT2D eigenvalue weighted by atomic mass is 19.1. The molecule has 5 nitrogen and oxygen atoms in total. The van der Waals surface area contributed by atoms with Crippen molar-refractivity contribution in [2.75, 3.05) is 13.1 Å². The molecule has 1 heterocycles. The van der Waals surface area contributed by atoms with E-state index in [0.717, 1.165) is 24.6 Å². The molecular weight excluding hydrogens is 277 g/mol. The molecule has 2 rings (SSSR count). The summed E-state index contributed by atoms with van der Waals surface area (Å²) in [6.45, 7) is 0.791. The van der Waals surface area contributed by atoms with Gasteiger partial charge in [-0.15, -0.1) is 0 Å². The SMILES string of the molecule is O=C(O)C=Cc1ccc(C(=O)N2CCCC(O)C2)cc1F. The lowest BCUT2D eigenvalue weighted by molar-refractivity contribution is -0.131. The molecule has 0 bridgehead atoms. The first kappa shape index (κ1) is 15.2. The molecule has 0 saturated carbocycles. The number of piperidine rings is 1. The van der Waals surface area contributed by atoms with Gasteiger partial charge in [-0.05, 0) is 31.1 Å². The Bertz CT molecular complexity index is 585. The summed E-state index contributed by atoms with van der Waals surface area (Å²) in [5.74, 6) is -2.16. The van der Waals surface area contributed by atoms with Crippen LogP contribution >= 0.6 is 0 Å². The number of carboxylic acids is 1. The number of amides is 1. The topological polar surface area (TPSA) is 77.8 Å². The summed E-state index contributed by atoms with van der Waals surface area (Å²) in [6, 6.07) is 3.90. The number of rotatable bonds is 3. The van der Waals surface area contributed by atoms with Gasteiger partial charge >= 0.3 is 5.97 Å². The highest BCUT2D eigenvalue weighted by Gasteiger charge is 2.23. The Balaban J connectivity index is 2.15. The third-order valence-electron chi connectivity index (χ3n) is 3.34. The van der Waals surface area contributed by atoms with Crippen LogP contribution in [0.4, 0.5) is 4.39 Å². The number of aliphatic carboxylic acids is 1. The van der Waals surface area contributed by atoms with Gasteiger partial charge < -0.3 is 15.1 Å². The molecule has 0 aliphatic carbocycles. The van der Waals surface area contributed by atoms with Crippen molar-refractivity contribution in [3.8, 4) is 0 Å². The van der Waals surface area contributed by atoms with E-state index in [-0.39, 0.29) is 23.6 Å². The van der Waals surface area contributed by atoms with Crippen LogP contribution in [0.15, 0.2) is 24.3 Å². The molecule has 1 aliphatic heterocycles. The summed E-state index contributed by atoms with van der Waals surface area (Å²) in [6.07, 6.45) is 2.81. The van der Waals surface area contributed by atoms with Gasteiger partial charge in [0.1, 0.15) is 5.82 Å². The van der Waals surface area contributed by atoms with Gasteiger partial charge in [0, 0.05) is 30.3 Å². The second-order valence-corrected chi connectivity index (χ2v) is 4.96. The number of nitrogens with zero attached hydrogens (tertiary/aromatic N) is 1. The number of hydrogen-bond donors (Lipinski definition) is 2. The summed E-state index contributed by atoms with van der Waals surface area (Å²) in [4.78, 5) is 24.1. The van der Waals surface area contributed by atoms with E-state index in [4.69, 9.17) is 5.11 Å². The van der Waals surface area contributed by atoms with Gasteiger partial charge in [-0.1, -0.05) is 6.07 Å². The predicted octanol–water partition coefficient (Wildman–Crippen LogP) is 1.52. The second kappa shape index (κ2) is 6.49. The minimum atomic E-state index is -1.17. The maximum Gasteiger partial charge on any atom is 0.328 e. The molecular formula is C15H16FNO4. The molecule has 1 aromatic rings.